The van der Waals surface area contributed by atoms with E-state index in [1.54, 1.807) is 24.3 Å². The van der Waals surface area contributed by atoms with Gasteiger partial charge in [0.1, 0.15) is 5.75 Å². The summed E-state index contributed by atoms with van der Waals surface area (Å²) in [6.07, 6.45) is 0. The molecule has 94 valence electrons. The number of rotatable bonds is 4. The minimum Gasteiger partial charge on any atom is -0.496 e. The van der Waals surface area contributed by atoms with Crippen molar-refractivity contribution in [1.82, 2.24) is 4.90 Å². The second-order valence-corrected chi connectivity index (χ2v) is 3.86. The van der Waals surface area contributed by atoms with E-state index in [9.17, 15) is 9.59 Å². The number of carbonyl (C=O) groups is 2. The van der Waals surface area contributed by atoms with Gasteiger partial charge in [-0.25, -0.2) is 0 Å². The number of hydrogen-bond acceptors (Lipinski definition) is 4. The van der Waals surface area contributed by atoms with Crippen LogP contribution in [0.15, 0.2) is 24.3 Å². The van der Waals surface area contributed by atoms with E-state index in [4.69, 9.17) is 10.00 Å². The normalized spacial score (nSPS) is 11.2. The van der Waals surface area contributed by atoms with E-state index in [-0.39, 0.29) is 5.56 Å². The molecular formula is C13H14N2O3. The van der Waals surface area contributed by atoms with E-state index in [0.29, 0.717) is 5.75 Å². The van der Waals surface area contributed by atoms with Gasteiger partial charge in [-0.3, -0.25) is 9.59 Å². The molecule has 0 aromatic heterocycles. The monoisotopic (exact) mass is 246 g/mol. The molecule has 1 rings (SSSR count). The molecule has 0 bridgehead atoms. The number of amides is 1. The number of benzene rings is 1. The van der Waals surface area contributed by atoms with E-state index in [1.165, 1.54) is 32.2 Å². The fraction of sp³-hybridized carbons (Fsp3) is 0.308. The summed E-state index contributed by atoms with van der Waals surface area (Å²) in [5, 5.41) is 8.98. The van der Waals surface area contributed by atoms with Crippen molar-refractivity contribution in [3.8, 4) is 11.8 Å². The van der Waals surface area contributed by atoms with Crippen LogP contribution in [0.5, 0.6) is 5.75 Å². The maximum Gasteiger partial charge on any atom is 0.247 e. The average Bonchev–Trinajstić information content (AvgIpc) is 2.39. The molecule has 0 saturated heterocycles. The van der Waals surface area contributed by atoms with Crippen LogP contribution in [0.3, 0.4) is 0 Å². The average molecular weight is 246 g/mol. The first-order valence-electron chi connectivity index (χ1n) is 5.31. The van der Waals surface area contributed by atoms with Gasteiger partial charge in [-0.15, -0.1) is 0 Å². The van der Waals surface area contributed by atoms with Crippen molar-refractivity contribution in [2.24, 2.45) is 5.92 Å². The van der Waals surface area contributed by atoms with Crippen LogP contribution >= 0.6 is 0 Å². The molecule has 1 atom stereocenters. The van der Waals surface area contributed by atoms with Gasteiger partial charge in [0.2, 0.25) is 5.91 Å². The van der Waals surface area contributed by atoms with Crippen molar-refractivity contribution in [3.63, 3.8) is 0 Å². The van der Waals surface area contributed by atoms with Crippen LogP contribution in [0.4, 0.5) is 0 Å². The van der Waals surface area contributed by atoms with E-state index in [1.807, 2.05) is 0 Å². The minimum atomic E-state index is -1.34. The Hall–Kier alpha value is -2.35. The highest BCUT2D eigenvalue weighted by molar-refractivity contribution is 6.13. The number of nitrogens with zero attached hydrogens (tertiary/aromatic N) is 2. The van der Waals surface area contributed by atoms with Crippen LogP contribution < -0.4 is 4.74 Å². The number of ether oxygens (including phenoxy) is 1. The molecule has 1 aromatic rings. The summed E-state index contributed by atoms with van der Waals surface area (Å²) in [6, 6.07) is 8.26. The van der Waals surface area contributed by atoms with E-state index in [0.717, 1.165) is 0 Å². The molecule has 0 N–H and O–H groups in total. The maximum atomic E-state index is 12.2. The Morgan fingerprint density at radius 2 is 1.94 bits per heavy atom. The number of methoxy groups -OCH3 is 1. The van der Waals surface area contributed by atoms with Crippen molar-refractivity contribution in [3.05, 3.63) is 29.8 Å². The van der Waals surface area contributed by atoms with Crippen LogP contribution in [-0.2, 0) is 4.79 Å². The number of ketones is 1. The molecule has 1 amide bonds. The third-order valence-electron chi connectivity index (χ3n) is 2.45. The van der Waals surface area contributed by atoms with Gasteiger partial charge < -0.3 is 9.64 Å². The molecule has 5 heteroatoms. The Kier molecular flexibility index (Phi) is 4.44. The Morgan fingerprint density at radius 1 is 1.33 bits per heavy atom. The van der Waals surface area contributed by atoms with Crippen LogP contribution in [0.2, 0.25) is 0 Å². The summed E-state index contributed by atoms with van der Waals surface area (Å²) in [5.41, 5.74) is 0.238. The SMILES string of the molecule is COc1ccccc1C(=O)C(C#N)C(=O)N(C)C. The third-order valence-corrected chi connectivity index (χ3v) is 2.45. The molecule has 0 saturated carbocycles. The Balaban J connectivity index is 3.13. The number of carbonyl (C=O) groups excluding carboxylic acids is 2. The number of Topliss-reactive ketones (excluding diaryl/α,β-unsaturated/α-hetero) is 1. The van der Waals surface area contributed by atoms with Crippen molar-refractivity contribution < 1.29 is 14.3 Å². The highest BCUT2D eigenvalue weighted by atomic mass is 16.5. The topological polar surface area (TPSA) is 70.4 Å². The van der Waals surface area contributed by atoms with Gasteiger partial charge in [0.05, 0.1) is 18.7 Å². The molecule has 0 aliphatic heterocycles. The first kappa shape index (κ1) is 13.7. The third kappa shape index (κ3) is 2.66. The fourth-order valence-corrected chi connectivity index (χ4v) is 1.49. The second-order valence-electron chi connectivity index (χ2n) is 3.86. The zero-order valence-corrected chi connectivity index (χ0v) is 10.5. The van der Waals surface area contributed by atoms with Crippen molar-refractivity contribution in [1.29, 1.82) is 5.26 Å². The number of para-hydroxylation sites is 1. The summed E-state index contributed by atoms with van der Waals surface area (Å²) < 4.78 is 5.05. The molecule has 1 unspecified atom stereocenters. The molecule has 0 heterocycles. The smallest absolute Gasteiger partial charge is 0.247 e. The second kappa shape index (κ2) is 5.82. The summed E-state index contributed by atoms with van der Waals surface area (Å²) in [4.78, 5) is 25.1. The van der Waals surface area contributed by atoms with Gasteiger partial charge >= 0.3 is 0 Å². The molecule has 0 aliphatic carbocycles. The first-order chi connectivity index (χ1) is 8.52. The van der Waals surface area contributed by atoms with Crippen LogP contribution in [0.1, 0.15) is 10.4 Å². The van der Waals surface area contributed by atoms with Gasteiger partial charge in [-0.2, -0.15) is 5.26 Å². The summed E-state index contributed by atoms with van der Waals surface area (Å²) in [5.74, 6) is -2.06. The molecule has 0 spiro atoms. The number of nitriles is 1. The van der Waals surface area contributed by atoms with E-state index >= 15 is 0 Å². The lowest BCUT2D eigenvalue weighted by Crippen LogP contribution is -2.33. The van der Waals surface area contributed by atoms with Crippen LogP contribution in [0.25, 0.3) is 0 Å². The zero-order chi connectivity index (χ0) is 13.7. The molecule has 5 nitrogen and oxygen atoms in total. The van der Waals surface area contributed by atoms with Crippen LogP contribution in [0, 0.1) is 17.2 Å². The first-order valence-corrected chi connectivity index (χ1v) is 5.31. The van der Waals surface area contributed by atoms with Gasteiger partial charge in [-0.1, -0.05) is 12.1 Å². The Morgan fingerprint density at radius 3 is 2.44 bits per heavy atom. The van der Waals surface area contributed by atoms with Crippen molar-refractivity contribution in [2.45, 2.75) is 0 Å². The number of hydrogen-bond donors (Lipinski definition) is 0. The van der Waals surface area contributed by atoms with Gasteiger partial charge in [0.15, 0.2) is 11.7 Å². The quantitative estimate of drug-likeness (QED) is 0.589. The lowest BCUT2D eigenvalue weighted by Gasteiger charge is -2.15. The molecular weight excluding hydrogens is 232 g/mol. The van der Waals surface area contributed by atoms with E-state index < -0.39 is 17.6 Å². The summed E-state index contributed by atoms with van der Waals surface area (Å²) in [7, 11) is 4.44. The highest BCUT2D eigenvalue weighted by Gasteiger charge is 2.30. The van der Waals surface area contributed by atoms with Gasteiger partial charge in [-0.05, 0) is 12.1 Å². The Labute approximate surface area is 106 Å². The lowest BCUT2D eigenvalue weighted by molar-refractivity contribution is -0.129. The molecule has 1 aromatic carbocycles. The highest BCUT2D eigenvalue weighted by Crippen LogP contribution is 2.21. The predicted molar refractivity (Wildman–Crippen MR) is 65.1 cm³/mol. The molecule has 0 fully saturated rings. The summed E-state index contributed by atoms with van der Waals surface area (Å²) in [6.45, 7) is 0. The molecule has 0 aliphatic rings. The fourth-order valence-electron chi connectivity index (χ4n) is 1.49. The Bertz CT molecular complexity index is 503. The van der Waals surface area contributed by atoms with Crippen LogP contribution in [-0.4, -0.2) is 37.8 Å². The molecule has 18 heavy (non-hydrogen) atoms. The van der Waals surface area contributed by atoms with E-state index in [2.05, 4.69) is 0 Å². The standard InChI is InChI=1S/C13H14N2O3/c1-15(2)13(17)10(8-14)12(16)9-6-4-5-7-11(9)18-3/h4-7,10H,1-3H3. The van der Waals surface area contributed by atoms with Crippen molar-refractivity contribution in [2.75, 3.05) is 21.2 Å². The maximum absolute atomic E-state index is 12.2. The van der Waals surface area contributed by atoms with Gasteiger partial charge in [0.25, 0.3) is 0 Å². The molecule has 0 radical (unpaired) electrons. The lowest BCUT2D eigenvalue weighted by atomic mass is 9.97. The summed E-state index contributed by atoms with van der Waals surface area (Å²) >= 11 is 0. The zero-order valence-electron chi connectivity index (χ0n) is 10.5. The van der Waals surface area contributed by atoms with Gasteiger partial charge in [0, 0.05) is 14.1 Å². The van der Waals surface area contributed by atoms with Crippen molar-refractivity contribution >= 4 is 11.7 Å². The predicted octanol–water partition coefficient (Wildman–Crippen LogP) is 1.11. The largest absolute Gasteiger partial charge is 0.496 e. The minimum absolute atomic E-state index is 0.238.